The van der Waals surface area contributed by atoms with Crippen LogP contribution in [0.1, 0.15) is 20.8 Å². The first-order chi connectivity index (χ1) is 5.03. The molecule has 1 rings (SSSR count). The van der Waals surface area contributed by atoms with Crippen LogP contribution in [0.15, 0.2) is 16.8 Å². The molecule has 1 heterocycles. The SMILES string of the molecule is CSC1=NC(C)(C)C=C(C)N1.I. The maximum atomic E-state index is 4.48. The summed E-state index contributed by atoms with van der Waals surface area (Å²) in [7, 11) is 0. The smallest absolute Gasteiger partial charge is 0.161 e. The van der Waals surface area contributed by atoms with Crippen molar-refractivity contribution in [2.45, 2.75) is 26.3 Å². The third-order valence-corrected chi connectivity index (χ3v) is 2.04. The molecule has 1 N–H and O–H groups in total. The van der Waals surface area contributed by atoms with E-state index in [1.165, 1.54) is 5.70 Å². The van der Waals surface area contributed by atoms with E-state index >= 15 is 0 Å². The number of aliphatic imine (C=N–C) groups is 1. The molecule has 0 aliphatic carbocycles. The molecule has 4 heteroatoms. The van der Waals surface area contributed by atoms with Crippen LogP contribution >= 0.6 is 35.7 Å². The summed E-state index contributed by atoms with van der Waals surface area (Å²) < 4.78 is 0. The van der Waals surface area contributed by atoms with Crippen LogP contribution in [0.3, 0.4) is 0 Å². The Morgan fingerprint density at radius 2 is 2.08 bits per heavy atom. The summed E-state index contributed by atoms with van der Waals surface area (Å²) in [6.07, 6.45) is 4.16. The van der Waals surface area contributed by atoms with Crippen LogP contribution in [-0.2, 0) is 0 Å². The van der Waals surface area contributed by atoms with Crippen molar-refractivity contribution in [2.75, 3.05) is 6.26 Å². The second-order valence-corrected chi connectivity index (χ2v) is 4.02. The van der Waals surface area contributed by atoms with Gasteiger partial charge in [0.1, 0.15) is 0 Å². The van der Waals surface area contributed by atoms with Crippen molar-refractivity contribution in [3.63, 3.8) is 0 Å². The van der Waals surface area contributed by atoms with Crippen molar-refractivity contribution in [3.8, 4) is 0 Å². The number of thioether (sulfide) groups is 1. The molecule has 0 saturated carbocycles. The van der Waals surface area contributed by atoms with E-state index in [1.54, 1.807) is 11.8 Å². The fraction of sp³-hybridized carbons (Fsp3) is 0.625. The highest BCUT2D eigenvalue weighted by atomic mass is 127. The predicted octanol–water partition coefficient (Wildman–Crippen LogP) is 2.61. The summed E-state index contributed by atoms with van der Waals surface area (Å²) in [6, 6.07) is 0. The molecule has 12 heavy (non-hydrogen) atoms. The summed E-state index contributed by atoms with van der Waals surface area (Å²) in [5.74, 6) is 0. The molecule has 1 aliphatic heterocycles. The van der Waals surface area contributed by atoms with E-state index in [0.29, 0.717) is 0 Å². The average Bonchev–Trinajstić information content (AvgIpc) is 1.83. The number of rotatable bonds is 0. The molecule has 0 spiro atoms. The summed E-state index contributed by atoms with van der Waals surface area (Å²) in [4.78, 5) is 4.48. The van der Waals surface area contributed by atoms with Crippen molar-refractivity contribution in [1.82, 2.24) is 5.32 Å². The number of halogens is 1. The number of hydrogen-bond acceptors (Lipinski definition) is 3. The van der Waals surface area contributed by atoms with Crippen LogP contribution in [0, 0.1) is 0 Å². The first kappa shape index (κ1) is 12.3. The normalized spacial score (nSPS) is 20.0. The first-order valence-electron chi connectivity index (χ1n) is 3.64. The summed E-state index contributed by atoms with van der Waals surface area (Å²) in [6.45, 7) is 6.27. The minimum atomic E-state index is -0.0341. The molecule has 0 aromatic carbocycles. The van der Waals surface area contributed by atoms with Crippen molar-refractivity contribution in [1.29, 1.82) is 0 Å². The lowest BCUT2D eigenvalue weighted by Crippen LogP contribution is -2.30. The van der Waals surface area contributed by atoms with Crippen molar-refractivity contribution >= 4 is 40.9 Å². The largest absolute Gasteiger partial charge is 0.339 e. The third kappa shape index (κ3) is 3.35. The van der Waals surface area contributed by atoms with E-state index in [9.17, 15) is 0 Å². The maximum absolute atomic E-state index is 4.48. The number of allylic oxidation sites excluding steroid dienone is 1. The quantitative estimate of drug-likeness (QED) is 0.695. The summed E-state index contributed by atoms with van der Waals surface area (Å²) in [5, 5.41) is 4.20. The molecule has 0 saturated heterocycles. The molecular weight excluding hydrogens is 283 g/mol. The van der Waals surface area contributed by atoms with Gasteiger partial charge in [-0.25, -0.2) is 0 Å². The Bertz CT molecular complexity index is 221. The second-order valence-electron chi connectivity index (χ2n) is 3.23. The lowest BCUT2D eigenvalue weighted by atomic mass is 10.0. The van der Waals surface area contributed by atoms with Gasteiger partial charge in [0.25, 0.3) is 0 Å². The molecule has 1 aliphatic rings. The molecule has 0 aromatic rings. The maximum Gasteiger partial charge on any atom is 0.161 e. The fourth-order valence-corrected chi connectivity index (χ4v) is 1.74. The zero-order chi connectivity index (χ0) is 8.48. The molecule has 0 radical (unpaired) electrons. The van der Waals surface area contributed by atoms with Gasteiger partial charge in [-0.15, -0.1) is 24.0 Å². The lowest BCUT2D eigenvalue weighted by molar-refractivity contribution is 0.636. The van der Waals surface area contributed by atoms with Crippen LogP contribution in [0.4, 0.5) is 0 Å². The second kappa shape index (κ2) is 4.50. The van der Waals surface area contributed by atoms with Crippen LogP contribution in [0.2, 0.25) is 0 Å². The number of amidine groups is 1. The zero-order valence-electron chi connectivity index (χ0n) is 7.84. The van der Waals surface area contributed by atoms with Crippen LogP contribution < -0.4 is 5.32 Å². The Labute approximate surface area is 95.3 Å². The predicted molar refractivity (Wildman–Crippen MR) is 67.3 cm³/mol. The third-order valence-electron chi connectivity index (χ3n) is 1.46. The fourth-order valence-electron chi connectivity index (χ4n) is 1.15. The van der Waals surface area contributed by atoms with Gasteiger partial charge in [-0.05, 0) is 33.1 Å². The molecule has 0 bridgehead atoms. The Morgan fingerprint density at radius 3 is 2.50 bits per heavy atom. The van der Waals surface area contributed by atoms with Crippen molar-refractivity contribution < 1.29 is 0 Å². The molecule has 0 unspecified atom stereocenters. The first-order valence-corrected chi connectivity index (χ1v) is 4.86. The Kier molecular flexibility index (Phi) is 4.61. The minimum Gasteiger partial charge on any atom is -0.339 e. The van der Waals surface area contributed by atoms with Gasteiger partial charge in [0.15, 0.2) is 5.17 Å². The molecule has 2 nitrogen and oxygen atoms in total. The minimum absolute atomic E-state index is 0. The van der Waals surface area contributed by atoms with Crippen LogP contribution in [-0.4, -0.2) is 17.0 Å². The van der Waals surface area contributed by atoms with E-state index in [4.69, 9.17) is 0 Å². The lowest BCUT2D eigenvalue weighted by Gasteiger charge is -2.24. The van der Waals surface area contributed by atoms with E-state index in [2.05, 4.69) is 37.2 Å². The highest BCUT2D eigenvalue weighted by molar-refractivity contribution is 14.0. The number of hydrogen-bond donors (Lipinski definition) is 1. The molecule has 0 amide bonds. The average molecular weight is 298 g/mol. The molecule has 70 valence electrons. The highest BCUT2D eigenvalue weighted by Gasteiger charge is 2.18. The summed E-state index contributed by atoms with van der Waals surface area (Å²) in [5.41, 5.74) is 1.16. The van der Waals surface area contributed by atoms with Crippen LogP contribution in [0.25, 0.3) is 0 Å². The molecule has 0 aromatic heterocycles. The molecular formula is C8H15IN2S. The van der Waals surface area contributed by atoms with Crippen molar-refractivity contribution in [3.05, 3.63) is 11.8 Å². The number of nitrogens with zero attached hydrogens (tertiary/aromatic N) is 1. The van der Waals surface area contributed by atoms with Gasteiger partial charge in [-0.1, -0.05) is 11.8 Å². The van der Waals surface area contributed by atoms with Crippen LogP contribution in [0.5, 0.6) is 0 Å². The van der Waals surface area contributed by atoms with E-state index in [0.717, 1.165) is 5.17 Å². The molecule has 0 atom stereocenters. The van der Waals surface area contributed by atoms with Gasteiger partial charge < -0.3 is 5.32 Å². The highest BCUT2D eigenvalue weighted by Crippen LogP contribution is 2.19. The Hall–Kier alpha value is 0.290. The summed E-state index contributed by atoms with van der Waals surface area (Å²) >= 11 is 1.65. The van der Waals surface area contributed by atoms with Crippen molar-refractivity contribution in [2.24, 2.45) is 4.99 Å². The van der Waals surface area contributed by atoms with Gasteiger partial charge in [0, 0.05) is 5.70 Å². The van der Waals surface area contributed by atoms with E-state index < -0.39 is 0 Å². The Morgan fingerprint density at radius 1 is 1.50 bits per heavy atom. The monoisotopic (exact) mass is 298 g/mol. The van der Waals surface area contributed by atoms with Gasteiger partial charge in [-0.2, -0.15) is 0 Å². The Balaban J connectivity index is 0.00000121. The van der Waals surface area contributed by atoms with E-state index in [1.807, 2.05) is 6.26 Å². The zero-order valence-corrected chi connectivity index (χ0v) is 11.0. The number of nitrogens with one attached hydrogen (secondary N) is 1. The van der Waals surface area contributed by atoms with Gasteiger partial charge in [0.2, 0.25) is 0 Å². The topological polar surface area (TPSA) is 24.4 Å². The van der Waals surface area contributed by atoms with E-state index in [-0.39, 0.29) is 29.5 Å². The molecule has 0 fully saturated rings. The standard InChI is InChI=1S/C8H14N2S.HI/c1-6-5-8(2,3)10-7(9-6)11-4;/h5H,1-4H3,(H,9,10);1H. The van der Waals surface area contributed by atoms with Gasteiger partial charge >= 0.3 is 0 Å². The van der Waals surface area contributed by atoms with Gasteiger partial charge in [0.05, 0.1) is 5.54 Å². The van der Waals surface area contributed by atoms with Gasteiger partial charge in [-0.3, -0.25) is 4.99 Å².